The van der Waals surface area contributed by atoms with Crippen molar-refractivity contribution in [3.05, 3.63) is 12.4 Å². The summed E-state index contributed by atoms with van der Waals surface area (Å²) in [6, 6.07) is 0. The molecule has 1 aromatic heterocycles. The first-order chi connectivity index (χ1) is 14.4. The molecule has 10 nitrogen and oxygen atoms in total. The van der Waals surface area contributed by atoms with Gasteiger partial charge in [-0.2, -0.15) is 0 Å². The van der Waals surface area contributed by atoms with Crippen molar-refractivity contribution in [2.75, 3.05) is 25.4 Å². The Morgan fingerprint density at radius 2 is 1.84 bits per heavy atom. The van der Waals surface area contributed by atoms with Crippen molar-refractivity contribution in [3.8, 4) is 0 Å². The molecule has 0 aromatic carbocycles. The Bertz CT molecular complexity index is 892. The Hall–Kier alpha value is -1.60. The van der Waals surface area contributed by atoms with Crippen LogP contribution >= 0.6 is 0 Å². The minimum atomic E-state index is -3.77. The molecule has 1 aromatic rings. The summed E-state index contributed by atoms with van der Waals surface area (Å²) in [5.74, 6) is -1.10. The van der Waals surface area contributed by atoms with Gasteiger partial charge in [0.25, 0.3) is 5.91 Å². The standard InChI is InChI=1S/C19H30BN3O7S/c1-18(2)19(3,4)30-20(29-18)14-8-21-17(22-9-14)31(27,28)12-13-6-5-7-23(10-13)16(26)15(25)11-24/h8-9,13,15,24-25H,5-7,10-12H2,1-4H3/t13-,15-/m1/s1. The van der Waals surface area contributed by atoms with E-state index in [0.717, 1.165) is 0 Å². The van der Waals surface area contributed by atoms with Gasteiger partial charge < -0.3 is 24.4 Å². The molecular weight excluding hydrogens is 425 g/mol. The summed E-state index contributed by atoms with van der Waals surface area (Å²) in [5, 5.41) is 18.2. The van der Waals surface area contributed by atoms with Gasteiger partial charge in [-0.1, -0.05) is 0 Å². The number of amides is 1. The first-order valence-corrected chi connectivity index (χ1v) is 12.0. The molecule has 2 atom stereocenters. The smallest absolute Gasteiger partial charge is 0.399 e. The van der Waals surface area contributed by atoms with Crippen LogP contribution < -0.4 is 5.46 Å². The number of likely N-dealkylation sites (tertiary alicyclic amines) is 1. The van der Waals surface area contributed by atoms with Crippen LogP contribution in [0.25, 0.3) is 0 Å². The van der Waals surface area contributed by atoms with E-state index in [4.69, 9.17) is 14.4 Å². The summed E-state index contributed by atoms with van der Waals surface area (Å²) in [6.45, 7) is 7.64. The van der Waals surface area contributed by atoms with E-state index in [1.807, 2.05) is 27.7 Å². The Kier molecular flexibility index (Phi) is 6.78. The van der Waals surface area contributed by atoms with Gasteiger partial charge in [-0.05, 0) is 46.5 Å². The lowest BCUT2D eigenvalue weighted by Gasteiger charge is -2.33. The quantitative estimate of drug-likeness (QED) is 0.414. The topological polar surface area (TPSA) is 139 Å². The molecule has 31 heavy (non-hydrogen) atoms. The lowest BCUT2D eigenvalue weighted by atomic mass is 9.81. The number of carbonyl (C=O) groups excluding carboxylic acids is 1. The Morgan fingerprint density at radius 3 is 2.39 bits per heavy atom. The summed E-state index contributed by atoms with van der Waals surface area (Å²) >= 11 is 0. The van der Waals surface area contributed by atoms with E-state index in [-0.39, 0.29) is 23.4 Å². The molecular formula is C19H30BN3O7S. The van der Waals surface area contributed by atoms with Gasteiger partial charge in [-0.25, -0.2) is 18.4 Å². The second kappa shape index (κ2) is 8.74. The molecule has 172 valence electrons. The summed E-state index contributed by atoms with van der Waals surface area (Å²) < 4.78 is 37.5. The van der Waals surface area contributed by atoms with Crippen LogP contribution in [0.5, 0.6) is 0 Å². The number of hydrogen-bond acceptors (Lipinski definition) is 9. The highest BCUT2D eigenvalue weighted by molar-refractivity contribution is 7.91. The molecule has 2 fully saturated rings. The molecule has 1 amide bonds. The fourth-order valence-electron chi connectivity index (χ4n) is 3.66. The van der Waals surface area contributed by atoms with E-state index in [1.165, 1.54) is 17.3 Å². The summed E-state index contributed by atoms with van der Waals surface area (Å²) in [4.78, 5) is 21.6. The van der Waals surface area contributed by atoms with Crippen molar-refractivity contribution >= 4 is 28.3 Å². The van der Waals surface area contributed by atoms with Crippen LogP contribution in [0.1, 0.15) is 40.5 Å². The summed E-state index contributed by atoms with van der Waals surface area (Å²) in [7, 11) is -4.46. The monoisotopic (exact) mass is 455 g/mol. The largest absolute Gasteiger partial charge is 0.498 e. The Balaban J connectivity index is 1.67. The van der Waals surface area contributed by atoms with Crippen LogP contribution in [0.15, 0.2) is 17.6 Å². The molecule has 0 unspecified atom stereocenters. The summed E-state index contributed by atoms with van der Waals surface area (Å²) in [6.07, 6.45) is 2.56. The van der Waals surface area contributed by atoms with E-state index < -0.39 is 46.8 Å². The van der Waals surface area contributed by atoms with Crippen molar-refractivity contribution in [1.82, 2.24) is 14.9 Å². The number of aromatic nitrogens is 2. The number of sulfone groups is 1. The van der Waals surface area contributed by atoms with Gasteiger partial charge >= 0.3 is 7.12 Å². The predicted molar refractivity (Wildman–Crippen MR) is 112 cm³/mol. The molecule has 2 saturated heterocycles. The van der Waals surface area contributed by atoms with Crippen molar-refractivity contribution in [3.63, 3.8) is 0 Å². The van der Waals surface area contributed by atoms with Crippen LogP contribution in [-0.4, -0.2) is 89.3 Å². The number of rotatable bonds is 6. The number of piperidine rings is 1. The normalized spacial score (nSPS) is 24.3. The van der Waals surface area contributed by atoms with Gasteiger partial charge in [0.1, 0.15) is 0 Å². The number of aliphatic hydroxyl groups is 2. The van der Waals surface area contributed by atoms with Gasteiger partial charge in [0.15, 0.2) is 6.10 Å². The van der Waals surface area contributed by atoms with Crippen molar-refractivity contribution in [2.45, 2.75) is 63.0 Å². The van der Waals surface area contributed by atoms with Crippen LogP contribution in [0.2, 0.25) is 0 Å². The van der Waals surface area contributed by atoms with Gasteiger partial charge in [0.2, 0.25) is 15.0 Å². The fourth-order valence-corrected chi connectivity index (χ4v) is 5.13. The molecule has 0 radical (unpaired) electrons. The zero-order valence-electron chi connectivity index (χ0n) is 18.3. The first kappa shape index (κ1) is 24.1. The molecule has 0 bridgehead atoms. The minimum absolute atomic E-state index is 0.196. The van der Waals surface area contributed by atoms with Gasteiger partial charge in [-0.15, -0.1) is 0 Å². The average molecular weight is 455 g/mol. The van der Waals surface area contributed by atoms with E-state index in [2.05, 4.69) is 9.97 Å². The second-order valence-corrected chi connectivity index (χ2v) is 11.1. The Morgan fingerprint density at radius 1 is 1.26 bits per heavy atom. The molecule has 2 aliphatic heterocycles. The predicted octanol–water partition coefficient (Wildman–Crippen LogP) is -0.859. The number of nitrogens with zero attached hydrogens (tertiary/aromatic N) is 3. The van der Waals surface area contributed by atoms with Crippen molar-refractivity contribution in [1.29, 1.82) is 0 Å². The third kappa shape index (κ3) is 5.09. The number of aliphatic hydroxyl groups excluding tert-OH is 2. The van der Waals surface area contributed by atoms with Crippen molar-refractivity contribution < 1.29 is 32.7 Å². The highest BCUT2D eigenvalue weighted by Crippen LogP contribution is 2.36. The van der Waals surface area contributed by atoms with E-state index in [9.17, 15) is 18.3 Å². The molecule has 12 heteroatoms. The van der Waals surface area contributed by atoms with Gasteiger partial charge in [0.05, 0.1) is 23.6 Å². The van der Waals surface area contributed by atoms with E-state index in [1.54, 1.807) is 0 Å². The molecule has 3 heterocycles. The third-order valence-electron chi connectivity index (χ3n) is 6.20. The van der Waals surface area contributed by atoms with Gasteiger partial charge in [0, 0.05) is 30.9 Å². The maximum Gasteiger partial charge on any atom is 0.498 e. The van der Waals surface area contributed by atoms with Crippen LogP contribution in [0.3, 0.4) is 0 Å². The Labute approximate surface area is 183 Å². The molecule has 3 rings (SSSR count). The van der Waals surface area contributed by atoms with Crippen LogP contribution in [0.4, 0.5) is 0 Å². The molecule has 0 saturated carbocycles. The van der Waals surface area contributed by atoms with Crippen LogP contribution in [-0.2, 0) is 23.9 Å². The SMILES string of the molecule is CC1(C)OB(c2cnc(S(=O)(=O)C[C@@H]3CCCN(C(=O)[C@H](O)CO)C3)nc2)OC1(C)C. The maximum absolute atomic E-state index is 12.8. The zero-order valence-corrected chi connectivity index (χ0v) is 19.1. The number of carbonyl (C=O) groups is 1. The number of hydrogen-bond donors (Lipinski definition) is 2. The average Bonchev–Trinajstić information content (AvgIpc) is 2.94. The lowest BCUT2D eigenvalue weighted by molar-refractivity contribution is -0.143. The zero-order chi connectivity index (χ0) is 23.0. The second-order valence-electron chi connectivity index (χ2n) is 9.16. The summed E-state index contributed by atoms with van der Waals surface area (Å²) in [5.41, 5.74) is -0.530. The highest BCUT2D eigenvalue weighted by Gasteiger charge is 2.52. The van der Waals surface area contributed by atoms with E-state index >= 15 is 0 Å². The lowest BCUT2D eigenvalue weighted by Crippen LogP contribution is -2.47. The molecule has 2 N–H and O–H groups in total. The molecule has 0 spiro atoms. The third-order valence-corrected chi connectivity index (χ3v) is 7.87. The molecule has 0 aliphatic carbocycles. The van der Waals surface area contributed by atoms with Crippen molar-refractivity contribution in [2.24, 2.45) is 5.92 Å². The van der Waals surface area contributed by atoms with Crippen LogP contribution in [0, 0.1) is 5.92 Å². The first-order valence-electron chi connectivity index (χ1n) is 10.3. The van der Waals surface area contributed by atoms with E-state index in [0.29, 0.717) is 24.8 Å². The fraction of sp³-hybridized carbons (Fsp3) is 0.737. The van der Waals surface area contributed by atoms with Gasteiger partial charge in [-0.3, -0.25) is 4.79 Å². The minimum Gasteiger partial charge on any atom is -0.399 e. The highest BCUT2D eigenvalue weighted by atomic mass is 32.2. The molecule has 2 aliphatic rings. The maximum atomic E-state index is 12.8.